The van der Waals surface area contributed by atoms with Gasteiger partial charge in [-0.25, -0.2) is 0 Å². The number of benzene rings is 2. The van der Waals surface area contributed by atoms with E-state index in [1.54, 1.807) is 25.1 Å². The third-order valence-corrected chi connectivity index (χ3v) is 5.68. The van der Waals surface area contributed by atoms with E-state index in [-0.39, 0.29) is 18.1 Å². The summed E-state index contributed by atoms with van der Waals surface area (Å²) in [5.41, 5.74) is 0.830. The maximum Gasteiger partial charge on any atom is 0.416 e. The third kappa shape index (κ3) is 7.19. The lowest BCUT2D eigenvalue weighted by Crippen LogP contribution is -2.25. The average molecular weight is 470 g/mol. The molecule has 174 valence electrons. The Morgan fingerprint density at radius 3 is 2.28 bits per heavy atom. The van der Waals surface area contributed by atoms with Gasteiger partial charge in [0.2, 0.25) is 0 Å². The van der Waals surface area contributed by atoms with Crippen LogP contribution >= 0.6 is 11.8 Å². The summed E-state index contributed by atoms with van der Waals surface area (Å²) in [5, 5.41) is 2.31. The Hall–Kier alpha value is -2.68. The van der Waals surface area contributed by atoms with Crippen molar-refractivity contribution in [3.8, 4) is 5.75 Å². The summed E-state index contributed by atoms with van der Waals surface area (Å²) in [4.78, 5) is 25.0. The number of esters is 1. The molecule has 0 saturated carbocycles. The van der Waals surface area contributed by atoms with Crippen molar-refractivity contribution in [2.75, 3.05) is 19.5 Å². The molecule has 0 fully saturated rings. The minimum absolute atomic E-state index is 0.0570. The number of carbonyl (C=O) groups excluding carboxylic acids is 2. The molecule has 1 atom stereocenters. The highest BCUT2D eigenvalue weighted by molar-refractivity contribution is 8.00. The molecule has 0 aliphatic heterocycles. The Morgan fingerprint density at radius 2 is 1.72 bits per heavy atom. The Kier molecular flexibility index (Phi) is 9.43. The van der Waals surface area contributed by atoms with Crippen LogP contribution in [-0.4, -0.2) is 36.6 Å². The van der Waals surface area contributed by atoms with Crippen molar-refractivity contribution < 1.29 is 32.2 Å². The molecule has 5 nitrogen and oxygen atoms in total. The largest absolute Gasteiger partial charge is 0.496 e. The topological polar surface area (TPSA) is 64.6 Å². The van der Waals surface area contributed by atoms with Crippen molar-refractivity contribution in [2.24, 2.45) is 0 Å². The number of ether oxygens (including phenoxy) is 2. The van der Waals surface area contributed by atoms with Gasteiger partial charge in [0, 0.05) is 6.54 Å². The summed E-state index contributed by atoms with van der Waals surface area (Å²) >= 11 is 1.47. The highest BCUT2D eigenvalue weighted by atomic mass is 32.2. The van der Waals surface area contributed by atoms with Gasteiger partial charge in [-0.05, 0) is 54.5 Å². The zero-order valence-electron chi connectivity index (χ0n) is 18.1. The van der Waals surface area contributed by atoms with Crippen LogP contribution in [0.2, 0.25) is 0 Å². The van der Waals surface area contributed by atoms with Crippen molar-refractivity contribution in [3.05, 3.63) is 64.7 Å². The summed E-state index contributed by atoms with van der Waals surface area (Å²) in [6, 6.07) is 9.69. The van der Waals surface area contributed by atoms with E-state index in [1.165, 1.54) is 31.0 Å². The number of thioether (sulfide) groups is 1. The molecule has 2 rings (SSSR count). The van der Waals surface area contributed by atoms with Gasteiger partial charge in [-0.2, -0.15) is 13.2 Å². The number of hydrogen-bond donors (Lipinski definition) is 1. The normalized spacial score (nSPS) is 12.2. The molecule has 9 heteroatoms. The fourth-order valence-corrected chi connectivity index (χ4v) is 3.93. The van der Waals surface area contributed by atoms with Crippen molar-refractivity contribution >= 4 is 23.6 Å². The Balaban J connectivity index is 2.13. The first-order valence-electron chi connectivity index (χ1n) is 10.1. The molecular formula is C23H26F3NO4S. The second kappa shape index (κ2) is 11.8. The van der Waals surface area contributed by atoms with Gasteiger partial charge in [0.1, 0.15) is 11.0 Å². The highest BCUT2D eigenvalue weighted by Crippen LogP contribution is 2.29. The first kappa shape index (κ1) is 25.6. The van der Waals surface area contributed by atoms with Crippen molar-refractivity contribution in [1.82, 2.24) is 5.32 Å². The second-order valence-corrected chi connectivity index (χ2v) is 8.29. The first-order valence-corrected chi connectivity index (χ1v) is 11.1. The molecule has 0 spiro atoms. The SMILES string of the molecule is CCOC(=O)C(Cc1ccc(OC)c(C(=O)NCc2ccc(C(F)(F)F)cc2)c1)SCC. The van der Waals surface area contributed by atoms with E-state index in [2.05, 4.69) is 5.32 Å². The highest BCUT2D eigenvalue weighted by Gasteiger charge is 2.30. The standard InChI is InChI=1S/C23H26F3NO4S/c1-4-31-22(29)20(32-5-2)13-16-8-11-19(30-3)18(12-16)21(28)27-14-15-6-9-17(10-7-15)23(24,25)26/h6-12,20H,4-5,13-14H2,1-3H3,(H,27,28). The van der Waals surface area contributed by atoms with E-state index < -0.39 is 22.9 Å². The molecule has 0 radical (unpaired) electrons. The number of nitrogens with one attached hydrogen (secondary N) is 1. The van der Waals surface area contributed by atoms with Gasteiger partial charge in [0.15, 0.2) is 0 Å². The molecule has 0 bridgehead atoms. The van der Waals surface area contributed by atoms with Crippen LogP contribution in [0.3, 0.4) is 0 Å². The summed E-state index contributed by atoms with van der Waals surface area (Å²) in [7, 11) is 1.44. The fraction of sp³-hybridized carbons (Fsp3) is 0.391. The van der Waals surface area contributed by atoms with Crippen LogP contribution in [0, 0.1) is 0 Å². The molecule has 0 aliphatic carbocycles. The maximum atomic E-state index is 12.8. The number of hydrogen-bond acceptors (Lipinski definition) is 5. The van der Waals surface area contributed by atoms with Gasteiger partial charge in [0.05, 0.1) is 24.8 Å². The summed E-state index contributed by atoms with van der Waals surface area (Å²) in [6.45, 7) is 4.05. The van der Waals surface area contributed by atoms with Gasteiger partial charge in [-0.1, -0.05) is 25.1 Å². The molecule has 0 heterocycles. The predicted octanol–water partition coefficient (Wildman–Crippen LogP) is 4.87. The quantitative estimate of drug-likeness (QED) is 0.503. The van der Waals surface area contributed by atoms with E-state index >= 15 is 0 Å². The zero-order valence-corrected chi connectivity index (χ0v) is 18.9. The Labute approximate surface area is 189 Å². The van der Waals surface area contributed by atoms with Gasteiger partial charge in [-0.3, -0.25) is 9.59 Å². The molecule has 2 aromatic carbocycles. The second-order valence-electron chi connectivity index (χ2n) is 6.81. The number of amides is 1. The molecule has 1 unspecified atom stereocenters. The third-order valence-electron chi connectivity index (χ3n) is 4.58. The maximum absolute atomic E-state index is 12.8. The molecular weight excluding hydrogens is 443 g/mol. The minimum atomic E-state index is -4.41. The van der Waals surface area contributed by atoms with Crippen molar-refractivity contribution in [1.29, 1.82) is 0 Å². The van der Waals surface area contributed by atoms with Gasteiger partial charge in [-0.15, -0.1) is 11.8 Å². The number of alkyl halides is 3. The Morgan fingerprint density at radius 1 is 1.06 bits per heavy atom. The van der Waals surface area contributed by atoms with Crippen LogP contribution < -0.4 is 10.1 Å². The van der Waals surface area contributed by atoms with Crippen LogP contribution in [0.25, 0.3) is 0 Å². The average Bonchev–Trinajstić information content (AvgIpc) is 2.77. The minimum Gasteiger partial charge on any atom is -0.496 e. The van der Waals surface area contributed by atoms with Crippen molar-refractivity contribution in [3.63, 3.8) is 0 Å². The molecule has 32 heavy (non-hydrogen) atoms. The summed E-state index contributed by atoms with van der Waals surface area (Å²) < 4.78 is 48.5. The number of methoxy groups -OCH3 is 1. The van der Waals surface area contributed by atoms with Gasteiger partial charge in [0.25, 0.3) is 5.91 Å². The monoisotopic (exact) mass is 469 g/mol. The lowest BCUT2D eigenvalue weighted by Gasteiger charge is -2.16. The molecule has 1 amide bonds. The molecule has 2 aromatic rings. The number of rotatable bonds is 10. The van der Waals surface area contributed by atoms with Crippen LogP contribution in [0.15, 0.2) is 42.5 Å². The molecule has 0 aromatic heterocycles. The van der Waals surface area contributed by atoms with E-state index in [0.717, 1.165) is 23.4 Å². The van der Waals surface area contributed by atoms with E-state index in [1.807, 2.05) is 6.92 Å². The van der Waals surface area contributed by atoms with Gasteiger partial charge < -0.3 is 14.8 Å². The van der Waals surface area contributed by atoms with Crippen LogP contribution in [0.4, 0.5) is 13.2 Å². The lowest BCUT2D eigenvalue weighted by molar-refractivity contribution is -0.142. The molecule has 1 N–H and O–H groups in total. The van der Waals surface area contributed by atoms with Crippen LogP contribution in [0.5, 0.6) is 5.75 Å². The molecule has 0 aliphatic rings. The van der Waals surface area contributed by atoms with Gasteiger partial charge >= 0.3 is 12.1 Å². The van der Waals surface area contributed by atoms with Crippen LogP contribution in [-0.2, 0) is 28.7 Å². The van der Waals surface area contributed by atoms with E-state index in [0.29, 0.717) is 24.3 Å². The summed E-state index contributed by atoms with van der Waals surface area (Å²) in [5.74, 6) is 0.359. The predicted molar refractivity (Wildman–Crippen MR) is 118 cm³/mol. The van der Waals surface area contributed by atoms with Crippen LogP contribution in [0.1, 0.15) is 40.9 Å². The Bertz CT molecular complexity index is 916. The van der Waals surface area contributed by atoms with E-state index in [9.17, 15) is 22.8 Å². The molecule has 0 saturated heterocycles. The number of halogens is 3. The first-order chi connectivity index (χ1) is 15.2. The van der Waals surface area contributed by atoms with E-state index in [4.69, 9.17) is 9.47 Å². The fourth-order valence-electron chi connectivity index (χ4n) is 3.01. The lowest BCUT2D eigenvalue weighted by atomic mass is 10.0. The summed E-state index contributed by atoms with van der Waals surface area (Å²) in [6.07, 6.45) is -4.02. The smallest absolute Gasteiger partial charge is 0.416 e. The number of carbonyl (C=O) groups is 2. The van der Waals surface area contributed by atoms with Crippen molar-refractivity contribution in [2.45, 2.75) is 38.2 Å². The zero-order chi connectivity index (χ0) is 23.7.